The van der Waals surface area contributed by atoms with Gasteiger partial charge in [-0.1, -0.05) is 43.6 Å². The summed E-state index contributed by atoms with van der Waals surface area (Å²) in [4.78, 5) is 30.7. The van der Waals surface area contributed by atoms with Crippen molar-refractivity contribution in [3.8, 4) is 0 Å². The lowest BCUT2D eigenvalue weighted by Crippen LogP contribution is -2.51. The van der Waals surface area contributed by atoms with Crippen LogP contribution in [0.15, 0.2) is 39.4 Å². The number of hydrogen-bond acceptors (Lipinski definition) is 3. The van der Waals surface area contributed by atoms with Crippen molar-refractivity contribution >= 4 is 17.8 Å². The van der Waals surface area contributed by atoms with Crippen LogP contribution in [-0.2, 0) is 4.79 Å². The zero-order valence-electron chi connectivity index (χ0n) is 15.6. The van der Waals surface area contributed by atoms with Gasteiger partial charge in [-0.3, -0.25) is 10.1 Å². The molecule has 3 rings (SSSR count). The number of carbonyl (C=O) groups is 2. The number of allylic oxidation sites excluding steroid dienone is 3. The zero-order valence-corrected chi connectivity index (χ0v) is 15.6. The van der Waals surface area contributed by atoms with E-state index in [2.05, 4.69) is 49.0 Å². The normalized spacial score (nSPS) is 26.7. The number of hydrogen-bond donors (Lipinski definition) is 1. The molecule has 0 fully saturated rings. The molecular formula is C20H27N3O2. The first-order valence-corrected chi connectivity index (χ1v) is 9.21. The highest BCUT2D eigenvalue weighted by atomic mass is 16.2. The lowest BCUT2D eigenvalue weighted by Gasteiger charge is -2.42. The Hall–Kier alpha value is -2.17. The number of rotatable bonds is 3. The number of carbonyl (C=O) groups excluding carboxylic acids is 2. The fraction of sp³-hybridized carbons (Fsp3) is 0.550. The van der Waals surface area contributed by atoms with E-state index >= 15 is 0 Å². The summed E-state index contributed by atoms with van der Waals surface area (Å²) >= 11 is 0. The number of aliphatic imine (C=N–C) groups is 1. The molecule has 0 aromatic carbocycles. The van der Waals surface area contributed by atoms with E-state index in [-0.39, 0.29) is 11.9 Å². The number of imide groups is 1. The lowest BCUT2D eigenvalue weighted by atomic mass is 9.79. The summed E-state index contributed by atoms with van der Waals surface area (Å²) in [5.74, 6) is 0.587. The number of unbranched alkanes of at least 4 members (excludes halogenated alkanes) is 1. The quantitative estimate of drug-likeness (QED) is 0.850. The van der Waals surface area contributed by atoms with Crippen molar-refractivity contribution in [2.45, 2.75) is 59.4 Å². The van der Waals surface area contributed by atoms with Gasteiger partial charge in [0.1, 0.15) is 5.84 Å². The second-order valence-electron chi connectivity index (χ2n) is 7.32. The predicted molar refractivity (Wildman–Crippen MR) is 99.3 cm³/mol. The maximum absolute atomic E-state index is 12.4. The molecule has 2 atom stereocenters. The van der Waals surface area contributed by atoms with Crippen LogP contribution in [0.1, 0.15) is 53.4 Å². The second kappa shape index (κ2) is 6.98. The van der Waals surface area contributed by atoms with Crippen LogP contribution in [0.25, 0.3) is 0 Å². The van der Waals surface area contributed by atoms with Crippen molar-refractivity contribution < 1.29 is 9.59 Å². The SMILES string of the molecule is CCCCN1C2=NC(=O)NC(=O)C2=CCC(C)C2=CC(C)=C(C)CC21. The minimum absolute atomic E-state index is 0.173. The van der Waals surface area contributed by atoms with Gasteiger partial charge in [-0.05, 0) is 44.6 Å². The van der Waals surface area contributed by atoms with Crippen LogP contribution in [-0.4, -0.2) is 35.3 Å². The van der Waals surface area contributed by atoms with E-state index in [1.54, 1.807) is 0 Å². The first-order valence-electron chi connectivity index (χ1n) is 9.21. The minimum Gasteiger partial charge on any atom is -0.349 e. The van der Waals surface area contributed by atoms with Crippen LogP contribution < -0.4 is 5.32 Å². The molecule has 5 nitrogen and oxygen atoms in total. The molecule has 2 heterocycles. The van der Waals surface area contributed by atoms with Crippen molar-refractivity contribution in [2.24, 2.45) is 10.9 Å². The third-order valence-corrected chi connectivity index (χ3v) is 5.50. The van der Waals surface area contributed by atoms with Crippen LogP contribution >= 0.6 is 0 Å². The molecule has 0 spiro atoms. The fourth-order valence-electron chi connectivity index (χ4n) is 3.82. The first-order chi connectivity index (χ1) is 11.9. The average Bonchev–Trinajstić information content (AvgIpc) is 2.55. The van der Waals surface area contributed by atoms with Crippen molar-refractivity contribution in [3.63, 3.8) is 0 Å². The van der Waals surface area contributed by atoms with E-state index in [1.165, 1.54) is 16.7 Å². The Morgan fingerprint density at radius 3 is 2.80 bits per heavy atom. The summed E-state index contributed by atoms with van der Waals surface area (Å²) in [7, 11) is 0. The van der Waals surface area contributed by atoms with Crippen LogP contribution in [0.4, 0.5) is 4.79 Å². The largest absolute Gasteiger partial charge is 0.349 e. The Kier molecular flexibility index (Phi) is 4.93. The number of amides is 3. The smallest absolute Gasteiger partial charge is 0.349 e. The Morgan fingerprint density at radius 2 is 2.08 bits per heavy atom. The van der Waals surface area contributed by atoms with Gasteiger partial charge in [0.25, 0.3) is 5.91 Å². The van der Waals surface area contributed by atoms with Crippen molar-refractivity contribution in [2.75, 3.05) is 6.54 Å². The standard InChI is InChI=1S/C20H27N3O2/c1-5-6-9-23-17-11-14(4)13(3)10-16(17)12(2)7-8-15-18(23)21-20(25)22-19(15)24/h8,10,12,17H,5-7,9,11H2,1-4H3,(H,22,24,25). The van der Waals surface area contributed by atoms with Crippen molar-refractivity contribution in [1.82, 2.24) is 10.2 Å². The predicted octanol–water partition coefficient (Wildman–Crippen LogP) is 3.74. The molecule has 3 amide bonds. The summed E-state index contributed by atoms with van der Waals surface area (Å²) in [5.41, 5.74) is 4.62. The van der Waals surface area contributed by atoms with Gasteiger partial charge in [-0.15, -0.1) is 0 Å². The molecule has 134 valence electrons. The lowest BCUT2D eigenvalue weighted by molar-refractivity contribution is -0.116. The Bertz CT molecular complexity index is 727. The maximum atomic E-state index is 12.4. The number of urea groups is 1. The highest BCUT2D eigenvalue weighted by Gasteiger charge is 2.37. The van der Waals surface area contributed by atoms with Crippen LogP contribution in [0.3, 0.4) is 0 Å². The summed E-state index contributed by atoms with van der Waals surface area (Å²) in [6, 6.07) is -0.386. The fourth-order valence-corrected chi connectivity index (χ4v) is 3.82. The topological polar surface area (TPSA) is 61.8 Å². The van der Waals surface area contributed by atoms with E-state index in [9.17, 15) is 9.59 Å². The number of fused-ring (bicyclic) bond motifs is 2. The van der Waals surface area contributed by atoms with E-state index in [1.807, 2.05) is 6.08 Å². The maximum Gasteiger partial charge on any atom is 0.349 e. The molecule has 2 unspecified atom stereocenters. The van der Waals surface area contributed by atoms with Crippen LogP contribution in [0.5, 0.6) is 0 Å². The molecule has 5 heteroatoms. The van der Waals surface area contributed by atoms with Gasteiger partial charge in [0.2, 0.25) is 0 Å². The van der Waals surface area contributed by atoms with Gasteiger partial charge in [0.05, 0.1) is 11.6 Å². The third-order valence-electron chi connectivity index (χ3n) is 5.50. The monoisotopic (exact) mass is 341 g/mol. The van der Waals surface area contributed by atoms with Crippen LogP contribution in [0.2, 0.25) is 0 Å². The number of nitrogens with one attached hydrogen (secondary N) is 1. The molecule has 1 aliphatic carbocycles. The van der Waals surface area contributed by atoms with E-state index in [0.717, 1.165) is 32.2 Å². The molecular weight excluding hydrogens is 314 g/mol. The van der Waals surface area contributed by atoms with E-state index in [0.29, 0.717) is 17.3 Å². The molecule has 1 N–H and O–H groups in total. The van der Waals surface area contributed by atoms with Gasteiger partial charge in [-0.25, -0.2) is 4.79 Å². The molecule has 0 saturated carbocycles. The highest BCUT2D eigenvalue weighted by molar-refractivity contribution is 6.29. The van der Waals surface area contributed by atoms with Gasteiger partial charge in [0.15, 0.2) is 0 Å². The van der Waals surface area contributed by atoms with E-state index < -0.39 is 6.03 Å². The summed E-state index contributed by atoms with van der Waals surface area (Å²) in [6.45, 7) is 9.50. The first kappa shape index (κ1) is 17.6. The molecule has 3 aliphatic rings. The Balaban J connectivity index is 2.12. The minimum atomic E-state index is -0.558. The van der Waals surface area contributed by atoms with Gasteiger partial charge >= 0.3 is 6.03 Å². The molecule has 0 bridgehead atoms. The van der Waals surface area contributed by atoms with Gasteiger partial charge in [0, 0.05) is 6.54 Å². The molecule has 0 aromatic heterocycles. The zero-order chi connectivity index (χ0) is 18.1. The van der Waals surface area contributed by atoms with E-state index in [4.69, 9.17) is 0 Å². The molecule has 2 aliphatic heterocycles. The molecule has 0 radical (unpaired) electrons. The van der Waals surface area contributed by atoms with Crippen molar-refractivity contribution in [3.05, 3.63) is 34.4 Å². The van der Waals surface area contributed by atoms with Crippen molar-refractivity contribution in [1.29, 1.82) is 0 Å². The van der Waals surface area contributed by atoms with Crippen LogP contribution in [0, 0.1) is 5.92 Å². The Morgan fingerprint density at radius 1 is 1.32 bits per heavy atom. The summed E-state index contributed by atoms with van der Waals surface area (Å²) in [5, 5.41) is 2.32. The second-order valence-corrected chi connectivity index (χ2v) is 7.32. The van der Waals surface area contributed by atoms with Gasteiger partial charge < -0.3 is 4.90 Å². The molecule has 25 heavy (non-hydrogen) atoms. The summed E-state index contributed by atoms with van der Waals surface area (Å²) < 4.78 is 0. The average molecular weight is 341 g/mol. The third kappa shape index (κ3) is 3.32. The number of nitrogens with zero attached hydrogens (tertiary/aromatic N) is 2. The number of amidine groups is 1. The molecule has 0 aromatic rings. The Labute approximate surface area is 149 Å². The highest BCUT2D eigenvalue weighted by Crippen LogP contribution is 2.36. The summed E-state index contributed by atoms with van der Waals surface area (Å²) in [6.07, 6.45) is 8.01. The van der Waals surface area contributed by atoms with Gasteiger partial charge in [-0.2, -0.15) is 4.99 Å². The molecule has 0 saturated heterocycles.